The summed E-state index contributed by atoms with van der Waals surface area (Å²) in [5, 5.41) is 2.87. The molecule has 0 saturated carbocycles. The monoisotopic (exact) mass is 272 g/mol. The highest BCUT2D eigenvalue weighted by Crippen LogP contribution is 2.16. The fourth-order valence-electron chi connectivity index (χ4n) is 1.98. The number of amides is 1. The van der Waals surface area contributed by atoms with Gasteiger partial charge in [0.1, 0.15) is 5.82 Å². The number of aryl methyl sites for hydroxylation is 1. The number of halogens is 1. The van der Waals surface area contributed by atoms with Gasteiger partial charge in [-0.3, -0.25) is 4.79 Å². The molecule has 0 saturated heterocycles. The molecule has 3 N–H and O–H groups in total. The first-order valence-corrected chi connectivity index (χ1v) is 6.40. The van der Waals surface area contributed by atoms with E-state index in [0.717, 1.165) is 5.56 Å². The van der Waals surface area contributed by atoms with Crippen LogP contribution in [0.3, 0.4) is 0 Å². The minimum Gasteiger partial charge on any atom is -0.399 e. The van der Waals surface area contributed by atoms with Gasteiger partial charge in [-0.15, -0.1) is 0 Å². The maximum Gasteiger partial charge on any atom is 0.251 e. The number of nitrogen functional groups attached to an aromatic ring is 1. The molecule has 0 fully saturated rings. The predicted molar refractivity (Wildman–Crippen MR) is 77.9 cm³/mol. The van der Waals surface area contributed by atoms with Crippen molar-refractivity contribution >= 4 is 11.6 Å². The first-order valence-electron chi connectivity index (χ1n) is 6.40. The van der Waals surface area contributed by atoms with Crippen molar-refractivity contribution in [3.8, 4) is 0 Å². The topological polar surface area (TPSA) is 55.1 Å². The molecular weight excluding hydrogens is 255 g/mol. The second kappa shape index (κ2) is 5.74. The van der Waals surface area contributed by atoms with Crippen LogP contribution < -0.4 is 11.1 Å². The molecule has 2 aromatic carbocycles. The molecule has 20 heavy (non-hydrogen) atoms. The summed E-state index contributed by atoms with van der Waals surface area (Å²) in [4.78, 5) is 12.1. The zero-order valence-corrected chi connectivity index (χ0v) is 11.5. The van der Waals surface area contributed by atoms with E-state index in [0.29, 0.717) is 16.8 Å². The predicted octanol–water partition coefficient (Wildman–Crippen LogP) is 3.21. The van der Waals surface area contributed by atoms with Crippen LogP contribution in [0, 0.1) is 12.7 Å². The van der Waals surface area contributed by atoms with E-state index in [9.17, 15) is 9.18 Å². The average Bonchev–Trinajstić information content (AvgIpc) is 2.41. The lowest BCUT2D eigenvalue weighted by atomic mass is 10.1. The van der Waals surface area contributed by atoms with Gasteiger partial charge < -0.3 is 11.1 Å². The van der Waals surface area contributed by atoms with Gasteiger partial charge >= 0.3 is 0 Å². The Morgan fingerprint density at radius 3 is 2.65 bits per heavy atom. The third-order valence-electron chi connectivity index (χ3n) is 3.18. The number of carbonyl (C=O) groups excluding carboxylic acids is 1. The lowest BCUT2D eigenvalue weighted by Gasteiger charge is -2.15. The molecule has 2 aromatic rings. The third kappa shape index (κ3) is 3.15. The molecule has 0 bridgehead atoms. The molecule has 3 nitrogen and oxygen atoms in total. The Kier molecular flexibility index (Phi) is 4.03. The van der Waals surface area contributed by atoms with Crippen LogP contribution in [0.4, 0.5) is 10.1 Å². The number of benzene rings is 2. The number of nitrogens with two attached hydrogens (primary N) is 1. The van der Waals surface area contributed by atoms with Crippen molar-refractivity contribution in [2.45, 2.75) is 19.9 Å². The van der Waals surface area contributed by atoms with Gasteiger partial charge in [-0.2, -0.15) is 0 Å². The largest absolute Gasteiger partial charge is 0.399 e. The first kappa shape index (κ1) is 14.1. The summed E-state index contributed by atoms with van der Waals surface area (Å²) in [6.07, 6.45) is 0. The molecule has 0 aromatic heterocycles. The number of nitrogens with one attached hydrogen (secondary N) is 1. The second-order valence-corrected chi connectivity index (χ2v) is 4.83. The summed E-state index contributed by atoms with van der Waals surface area (Å²) in [7, 11) is 0. The van der Waals surface area contributed by atoms with Crippen LogP contribution >= 0.6 is 0 Å². The maximum atomic E-state index is 13.2. The van der Waals surface area contributed by atoms with E-state index in [1.807, 2.05) is 25.1 Å². The molecule has 0 aliphatic rings. The lowest BCUT2D eigenvalue weighted by molar-refractivity contribution is 0.0939. The highest BCUT2D eigenvalue weighted by molar-refractivity contribution is 5.94. The van der Waals surface area contributed by atoms with Crippen LogP contribution in [0.15, 0.2) is 42.5 Å². The average molecular weight is 272 g/mol. The fraction of sp³-hybridized carbons (Fsp3) is 0.188. The Bertz CT molecular complexity index is 640. The van der Waals surface area contributed by atoms with Gasteiger partial charge in [0.2, 0.25) is 0 Å². The molecule has 0 radical (unpaired) electrons. The third-order valence-corrected chi connectivity index (χ3v) is 3.18. The van der Waals surface area contributed by atoms with E-state index < -0.39 is 0 Å². The number of rotatable bonds is 3. The standard InChI is InChI=1S/C16H17FN2O/c1-10-8-13(6-7-15(10)17)16(20)19-11(2)12-4-3-5-14(18)9-12/h3-9,11H,18H2,1-2H3,(H,19,20). The van der Waals surface area contributed by atoms with Crippen molar-refractivity contribution in [3.63, 3.8) is 0 Å². The van der Waals surface area contributed by atoms with Crippen molar-refractivity contribution < 1.29 is 9.18 Å². The molecule has 1 atom stereocenters. The van der Waals surface area contributed by atoms with E-state index >= 15 is 0 Å². The first-order chi connectivity index (χ1) is 9.47. The fourth-order valence-corrected chi connectivity index (χ4v) is 1.98. The molecule has 4 heteroatoms. The van der Waals surface area contributed by atoms with Gasteiger partial charge in [0, 0.05) is 11.3 Å². The van der Waals surface area contributed by atoms with Crippen LogP contribution in [0.5, 0.6) is 0 Å². The Labute approximate surface area is 117 Å². The van der Waals surface area contributed by atoms with Crippen LogP contribution in [0.1, 0.15) is 34.5 Å². The van der Waals surface area contributed by atoms with Crippen LogP contribution in [0.2, 0.25) is 0 Å². The minimum atomic E-state index is -0.314. The highest BCUT2D eigenvalue weighted by atomic mass is 19.1. The van der Waals surface area contributed by atoms with Crippen molar-refractivity contribution in [2.24, 2.45) is 0 Å². The lowest BCUT2D eigenvalue weighted by Crippen LogP contribution is -2.26. The SMILES string of the molecule is Cc1cc(C(=O)NC(C)c2cccc(N)c2)ccc1F. The molecule has 1 amide bonds. The van der Waals surface area contributed by atoms with E-state index in [4.69, 9.17) is 5.73 Å². The zero-order chi connectivity index (χ0) is 14.7. The summed E-state index contributed by atoms with van der Waals surface area (Å²) < 4.78 is 13.2. The summed E-state index contributed by atoms with van der Waals surface area (Å²) in [5.41, 5.74) is 8.20. The van der Waals surface area contributed by atoms with E-state index in [2.05, 4.69) is 5.32 Å². The van der Waals surface area contributed by atoms with Gasteiger partial charge in [0.15, 0.2) is 0 Å². The second-order valence-electron chi connectivity index (χ2n) is 4.83. The van der Waals surface area contributed by atoms with E-state index in [1.54, 1.807) is 13.0 Å². The number of anilines is 1. The Morgan fingerprint density at radius 1 is 1.25 bits per heavy atom. The molecule has 0 heterocycles. The smallest absolute Gasteiger partial charge is 0.251 e. The van der Waals surface area contributed by atoms with Crippen LogP contribution in [-0.2, 0) is 0 Å². The van der Waals surface area contributed by atoms with Crippen molar-refractivity contribution in [2.75, 3.05) is 5.73 Å². The Balaban J connectivity index is 2.13. The summed E-state index contributed by atoms with van der Waals surface area (Å²) in [5.74, 6) is -0.548. The quantitative estimate of drug-likeness (QED) is 0.843. The van der Waals surface area contributed by atoms with Gasteiger partial charge in [-0.1, -0.05) is 12.1 Å². The molecule has 0 aliphatic carbocycles. The molecule has 1 unspecified atom stereocenters. The normalized spacial score (nSPS) is 11.9. The molecule has 0 aliphatic heterocycles. The number of hydrogen-bond acceptors (Lipinski definition) is 2. The molecule has 0 spiro atoms. The maximum absolute atomic E-state index is 13.2. The molecule has 2 rings (SSSR count). The summed E-state index contributed by atoms with van der Waals surface area (Å²) in [6.45, 7) is 3.51. The van der Waals surface area contributed by atoms with Gasteiger partial charge in [0.05, 0.1) is 6.04 Å². The number of carbonyl (C=O) groups is 1. The Morgan fingerprint density at radius 2 is 2.00 bits per heavy atom. The zero-order valence-electron chi connectivity index (χ0n) is 11.5. The van der Waals surface area contributed by atoms with Crippen LogP contribution in [-0.4, -0.2) is 5.91 Å². The molecular formula is C16H17FN2O. The summed E-state index contributed by atoms with van der Waals surface area (Å²) in [6, 6.07) is 11.5. The molecule has 104 valence electrons. The van der Waals surface area contributed by atoms with Gasteiger partial charge in [-0.25, -0.2) is 4.39 Å². The van der Waals surface area contributed by atoms with Crippen molar-refractivity contribution in [3.05, 3.63) is 65.0 Å². The van der Waals surface area contributed by atoms with Gasteiger partial charge in [-0.05, 0) is 55.3 Å². The summed E-state index contributed by atoms with van der Waals surface area (Å²) >= 11 is 0. The van der Waals surface area contributed by atoms with E-state index in [-0.39, 0.29) is 17.8 Å². The number of hydrogen-bond donors (Lipinski definition) is 2. The minimum absolute atomic E-state index is 0.170. The Hall–Kier alpha value is -2.36. The van der Waals surface area contributed by atoms with Gasteiger partial charge in [0.25, 0.3) is 5.91 Å². The van der Waals surface area contributed by atoms with Crippen molar-refractivity contribution in [1.29, 1.82) is 0 Å². The van der Waals surface area contributed by atoms with Crippen LogP contribution in [0.25, 0.3) is 0 Å². The van der Waals surface area contributed by atoms with Crippen molar-refractivity contribution in [1.82, 2.24) is 5.32 Å². The highest BCUT2D eigenvalue weighted by Gasteiger charge is 2.12. The van der Waals surface area contributed by atoms with E-state index in [1.165, 1.54) is 18.2 Å².